The van der Waals surface area contributed by atoms with Gasteiger partial charge in [-0.2, -0.15) is 0 Å². The summed E-state index contributed by atoms with van der Waals surface area (Å²) in [6, 6.07) is 5.09. The second-order valence-electron chi connectivity index (χ2n) is 6.19. The fraction of sp³-hybridized carbons (Fsp3) is 0.625. The first-order valence-electron chi connectivity index (χ1n) is 6.95. The van der Waals surface area contributed by atoms with Gasteiger partial charge in [-0.25, -0.2) is 4.39 Å². The SMILES string of the molecule is COc1cccc(CC(O)C2CCCC2(C)C)c1F. The van der Waals surface area contributed by atoms with Gasteiger partial charge < -0.3 is 9.84 Å². The lowest BCUT2D eigenvalue weighted by atomic mass is 9.77. The van der Waals surface area contributed by atoms with Crippen molar-refractivity contribution in [1.82, 2.24) is 0 Å². The van der Waals surface area contributed by atoms with Gasteiger partial charge in [0.25, 0.3) is 0 Å². The molecule has 1 aromatic carbocycles. The first kappa shape index (κ1) is 14.3. The van der Waals surface area contributed by atoms with Crippen molar-refractivity contribution >= 4 is 0 Å². The van der Waals surface area contributed by atoms with Gasteiger partial charge in [-0.3, -0.25) is 0 Å². The highest BCUT2D eigenvalue weighted by molar-refractivity contribution is 5.31. The Labute approximate surface area is 114 Å². The lowest BCUT2D eigenvalue weighted by Gasteiger charge is -2.31. The molecule has 0 saturated heterocycles. The highest BCUT2D eigenvalue weighted by Crippen LogP contribution is 2.45. The predicted molar refractivity (Wildman–Crippen MR) is 73.8 cm³/mol. The van der Waals surface area contributed by atoms with E-state index in [9.17, 15) is 9.50 Å². The molecule has 0 amide bonds. The van der Waals surface area contributed by atoms with Crippen LogP contribution < -0.4 is 4.74 Å². The quantitative estimate of drug-likeness (QED) is 0.903. The van der Waals surface area contributed by atoms with Crippen molar-refractivity contribution in [2.24, 2.45) is 11.3 Å². The van der Waals surface area contributed by atoms with E-state index >= 15 is 0 Å². The molecule has 1 saturated carbocycles. The van der Waals surface area contributed by atoms with Crippen molar-refractivity contribution < 1.29 is 14.2 Å². The van der Waals surface area contributed by atoms with Crippen molar-refractivity contribution in [3.05, 3.63) is 29.6 Å². The molecule has 2 atom stereocenters. The molecule has 0 aromatic heterocycles. The number of benzene rings is 1. The molecular weight excluding hydrogens is 243 g/mol. The molecule has 3 heteroatoms. The van der Waals surface area contributed by atoms with Crippen LogP contribution in [-0.4, -0.2) is 18.3 Å². The Balaban J connectivity index is 2.13. The summed E-state index contributed by atoms with van der Waals surface area (Å²) in [4.78, 5) is 0. The molecule has 1 aliphatic rings. The Hall–Kier alpha value is -1.09. The fourth-order valence-electron chi connectivity index (χ4n) is 3.31. The Morgan fingerprint density at radius 1 is 1.47 bits per heavy atom. The minimum absolute atomic E-state index is 0.148. The summed E-state index contributed by atoms with van der Waals surface area (Å²) in [6.07, 6.45) is 3.18. The largest absolute Gasteiger partial charge is 0.494 e. The number of rotatable bonds is 4. The van der Waals surface area contributed by atoms with Gasteiger partial charge in [0.15, 0.2) is 11.6 Å². The topological polar surface area (TPSA) is 29.5 Å². The molecule has 0 heterocycles. The van der Waals surface area contributed by atoms with Gasteiger partial charge >= 0.3 is 0 Å². The number of hydrogen-bond acceptors (Lipinski definition) is 2. The van der Waals surface area contributed by atoms with Gasteiger partial charge in [0, 0.05) is 6.42 Å². The van der Waals surface area contributed by atoms with Gasteiger partial charge in [-0.1, -0.05) is 32.4 Å². The van der Waals surface area contributed by atoms with E-state index in [1.165, 1.54) is 7.11 Å². The van der Waals surface area contributed by atoms with Crippen LogP contribution in [0, 0.1) is 17.2 Å². The van der Waals surface area contributed by atoms with E-state index in [0.29, 0.717) is 12.0 Å². The Morgan fingerprint density at radius 3 is 2.79 bits per heavy atom. The third-order valence-electron chi connectivity index (χ3n) is 4.50. The average Bonchev–Trinajstić information content (AvgIpc) is 2.71. The zero-order valence-corrected chi connectivity index (χ0v) is 11.9. The Bertz CT molecular complexity index is 442. The number of aliphatic hydroxyl groups is 1. The molecule has 1 N–H and O–H groups in total. The smallest absolute Gasteiger partial charge is 0.168 e. The molecule has 1 fully saturated rings. The van der Waals surface area contributed by atoms with Gasteiger partial charge in [-0.15, -0.1) is 0 Å². The number of hydrogen-bond donors (Lipinski definition) is 1. The van der Waals surface area contributed by atoms with Crippen LogP contribution in [0.3, 0.4) is 0 Å². The summed E-state index contributed by atoms with van der Waals surface area (Å²) in [5.74, 6) is 0.147. The molecule has 2 unspecified atom stereocenters. The van der Waals surface area contributed by atoms with Crippen LogP contribution in [0.4, 0.5) is 4.39 Å². The van der Waals surface area contributed by atoms with E-state index in [1.54, 1.807) is 18.2 Å². The summed E-state index contributed by atoms with van der Waals surface area (Å²) in [7, 11) is 1.46. The van der Waals surface area contributed by atoms with Crippen LogP contribution in [0.5, 0.6) is 5.75 Å². The highest BCUT2D eigenvalue weighted by atomic mass is 19.1. The van der Waals surface area contributed by atoms with Crippen LogP contribution in [0.25, 0.3) is 0 Å². The second-order valence-corrected chi connectivity index (χ2v) is 6.19. The first-order valence-corrected chi connectivity index (χ1v) is 6.95. The second kappa shape index (κ2) is 5.49. The third kappa shape index (κ3) is 2.92. The Kier molecular flexibility index (Phi) is 4.14. The maximum absolute atomic E-state index is 14.1. The first-order chi connectivity index (χ1) is 8.95. The van der Waals surface area contributed by atoms with Gasteiger partial charge in [0.05, 0.1) is 13.2 Å². The molecule has 1 aliphatic carbocycles. The summed E-state index contributed by atoms with van der Waals surface area (Å²) < 4.78 is 19.1. The van der Waals surface area contributed by atoms with E-state index in [2.05, 4.69) is 13.8 Å². The van der Waals surface area contributed by atoms with E-state index in [-0.39, 0.29) is 22.9 Å². The molecule has 2 rings (SSSR count). The van der Waals surface area contributed by atoms with Crippen LogP contribution in [0.1, 0.15) is 38.7 Å². The number of aliphatic hydroxyl groups excluding tert-OH is 1. The molecule has 1 aromatic rings. The zero-order valence-electron chi connectivity index (χ0n) is 11.9. The average molecular weight is 266 g/mol. The van der Waals surface area contributed by atoms with Gasteiger partial charge in [0.2, 0.25) is 0 Å². The van der Waals surface area contributed by atoms with E-state index in [4.69, 9.17) is 4.74 Å². The molecule has 0 spiro atoms. The van der Waals surface area contributed by atoms with Crippen molar-refractivity contribution in [3.8, 4) is 5.75 Å². The summed E-state index contributed by atoms with van der Waals surface area (Å²) >= 11 is 0. The fourth-order valence-corrected chi connectivity index (χ4v) is 3.31. The highest BCUT2D eigenvalue weighted by Gasteiger charge is 2.39. The van der Waals surface area contributed by atoms with Crippen LogP contribution in [-0.2, 0) is 6.42 Å². The van der Waals surface area contributed by atoms with E-state index < -0.39 is 6.10 Å². The maximum Gasteiger partial charge on any atom is 0.168 e. The summed E-state index contributed by atoms with van der Waals surface area (Å²) in [5, 5.41) is 10.4. The number of halogens is 1. The molecule has 0 bridgehead atoms. The number of methoxy groups -OCH3 is 1. The third-order valence-corrected chi connectivity index (χ3v) is 4.50. The van der Waals surface area contributed by atoms with E-state index in [0.717, 1.165) is 19.3 Å². The molecule has 0 radical (unpaired) electrons. The summed E-state index contributed by atoms with van der Waals surface area (Å²) in [5.41, 5.74) is 0.684. The van der Waals surface area contributed by atoms with Crippen LogP contribution in [0.2, 0.25) is 0 Å². The van der Waals surface area contributed by atoms with Crippen molar-refractivity contribution in [1.29, 1.82) is 0 Å². The molecule has 106 valence electrons. The monoisotopic (exact) mass is 266 g/mol. The normalized spacial score (nSPS) is 23.3. The standard InChI is InChI=1S/C16H23FO2/c1-16(2)9-5-7-12(16)13(18)10-11-6-4-8-14(19-3)15(11)17/h4,6,8,12-13,18H,5,7,9-10H2,1-3H3. The lowest BCUT2D eigenvalue weighted by Crippen LogP contribution is -2.31. The zero-order chi connectivity index (χ0) is 14.0. The summed E-state index contributed by atoms with van der Waals surface area (Å²) in [6.45, 7) is 4.38. The van der Waals surface area contributed by atoms with Gasteiger partial charge in [-0.05, 0) is 35.8 Å². The molecule has 19 heavy (non-hydrogen) atoms. The predicted octanol–water partition coefficient (Wildman–Crippen LogP) is 3.56. The van der Waals surface area contributed by atoms with E-state index in [1.807, 2.05) is 0 Å². The van der Waals surface area contributed by atoms with Crippen LogP contribution >= 0.6 is 0 Å². The molecule has 2 nitrogen and oxygen atoms in total. The Morgan fingerprint density at radius 2 is 2.21 bits per heavy atom. The van der Waals surface area contributed by atoms with Crippen molar-refractivity contribution in [3.63, 3.8) is 0 Å². The maximum atomic E-state index is 14.1. The number of ether oxygens (including phenoxy) is 1. The van der Waals surface area contributed by atoms with Crippen molar-refractivity contribution in [2.45, 2.75) is 45.6 Å². The van der Waals surface area contributed by atoms with Crippen molar-refractivity contribution in [2.75, 3.05) is 7.11 Å². The van der Waals surface area contributed by atoms with Gasteiger partial charge in [0.1, 0.15) is 0 Å². The molecular formula is C16H23FO2. The van der Waals surface area contributed by atoms with Crippen LogP contribution in [0.15, 0.2) is 18.2 Å². The molecule has 0 aliphatic heterocycles. The minimum Gasteiger partial charge on any atom is -0.494 e. The lowest BCUT2D eigenvalue weighted by molar-refractivity contribution is 0.0536. The minimum atomic E-state index is -0.487.